The lowest BCUT2D eigenvalue weighted by Gasteiger charge is -2.32. The van der Waals surface area contributed by atoms with E-state index in [9.17, 15) is 0 Å². The predicted octanol–water partition coefficient (Wildman–Crippen LogP) is 2.62. The molecule has 1 aromatic carbocycles. The summed E-state index contributed by atoms with van der Waals surface area (Å²) in [5.41, 5.74) is 8.05. The molecule has 0 unspecified atom stereocenters. The summed E-state index contributed by atoms with van der Waals surface area (Å²) < 4.78 is 5.47. The monoisotopic (exact) mass is 246 g/mol. The summed E-state index contributed by atoms with van der Waals surface area (Å²) in [7, 11) is 1.74. The number of hydrogen-bond donors (Lipinski definition) is 1. The Bertz CT molecular complexity index is 421. The maximum Gasteiger partial charge on any atom is 0.122 e. The van der Waals surface area contributed by atoms with Crippen molar-refractivity contribution in [3.63, 3.8) is 0 Å². The summed E-state index contributed by atoms with van der Waals surface area (Å²) in [6.45, 7) is 2.46. The zero-order valence-electron chi connectivity index (χ0n) is 11.1. The SMILES string of the molecule is COc1ccc(N)cc1C1CCN(C2CC2)CC1. The lowest BCUT2D eigenvalue weighted by molar-refractivity contribution is 0.202. The zero-order valence-corrected chi connectivity index (χ0v) is 11.1. The number of ether oxygens (including phenoxy) is 1. The zero-order chi connectivity index (χ0) is 12.5. The molecule has 2 aliphatic rings. The summed E-state index contributed by atoms with van der Waals surface area (Å²) in [6, 6.07) is 6.91. The van der Waals surface area contributed by atoms with E-state index in [1.54, 1.807) is 7.11 Å². The fraction of sp³-hybridized carbons (Fsp3) is 0.600. The molecule has 2 fully saturated rings. The van der Waals surface area contributed by atoms with Crippen LogP contribution in [0.5, 0.6) is 5.75 Å². The van der Waals surface area contributed by atoms with Gasteiger partial charge < -0.3 is 15.4 Å². The Morgan fingerprint density at radius 2 is 1.89 bits per heavy atom. The highest BCUT2D eigenvalue weighted by Crippen LogP contribution is 2.38. The molecule has 1 aliphatic heterocycles. The van der Waals surface area contributed by atoms with E-state index < -0.39 is 0 Å². The van der Waals surface area contributed by atoms with Gasteiger partial charge in [-0.25, -0.2) is 0 Å². The third-order valence-corrected chi connectivity index (χ3v) is 4.29. The first-order valence-electron chi connectivity index (χ1n) is 6.95. The molecule has 0 spiro atoms. The van der Waals surface area contributed by atoms with Gasteiger partial charge in [0.2, 0.25) is 0 Å². The number of nitrogens with two attached hydrogens (primary N) is 1. The summed E-state index contributed by atoms with van der Waals surface area (Å²) in [5.74, 6) is 1.60. The second-order valence-corrected chi connectivity index (χ2v) is 5.54. The molecule has 0 bridgehead atoms. The minimum absolute atomic E-state index is 0.610. The van der Waals surface area contributed by atoms with Crippen LogP contribution in [0.1, 0.15) is 37.2 Å². The van der Waals surface area contributed by atoms with Gasteiger partial charge in [0, 0.05) is 11.7 Å². The molecule has 2 N–H and O–H groups in total. The summed E-state index contributed by atoms with van der Waals surface area (Å²) in [5, 5.41) is 0. The first kappa shape index (κ1) is 11.8. The number of benzene rings is 1. The maximum atomic E-state index is 5.91. The Morgan fingerprint density at radius 3 is 2.50 bits per heavy atom. The normalized spacial score (nSPS) is 22.1. The lowest BCUT2D eigenvalue weighted by atomic mass is 9.88. The Balaban J connectivity index is 1.72. The fourth-order valence-corrected chi connectivity index (χ4v) is 3.09. The molecule has 98 valence electrons. The largest absolute Gasteiger partial charge is 0.496 e. The van der Waals surface area contributed by atoms with E-state index in [2.05, 4.69) is 11.0 Å². The van der Waals surface area contributed by atoms with Crippen molar-refractivity contribution in [2.75, 3.05) is 25.9 Å². The lowest BCUT2D eigenvalue weighted by Crippen LogP contribution is -2.34. The van der Waals surface area contributed by atoms with Crippen LogP contribution in [0.15, 0.2) is 18.2 Å². The average molecular weight is 246 g/mol. The number of rotatable bonds is 3. The molecule has 1 aliphatic carbocycles. The van der Waals surface area contributed by atoms with Crippen molar-refractivity contribution in [3.8, 4) is 5.75 Å². The van der Waals surface area contributed by atoms with E-state index in [1.807, 2.05) is 12.1 Å². The van der Waals surface area contributed by atoms with Crippen LogP contribution in [-0.4, -0.2) is 31.1 Å². The van der Waals surface area contributed by atoms with Gasteiger partial charge in [0.05, 0.1) is 7.11 Å². The van der Waals surface area contributed by atoms with Gasteiger partial charge in [-0.3, -0.25) is 0 Å². The summed E-state index contributed by atoms with van der Waals surface area (Å²) >= 11 is 0. The molecule has 18 heavy (non-hydrogen) atoms. The van der Waals surface area contributed by atoms with E-state index >= 15 is 0 Å². The van der Waals surface area contributed by atoms with Gasteiger partial charge in [-0.2, -0.15) is 0 Å². The highest BCUT2D eigenvalue weighted by molar-refractivity contribution is 5.49. The number of nitrogens with zero attached hydrogens (tertiary/aromatic N) is 1. The van der Waals surface area contributed by atoms with Gasteiger partial charge >= 0.3 is 0 Å². The van der Waals surface area contributed by atoms with E-state index in [0.29, 0.717) is 5.92 Å². The molecule has 0 radical (unpaired) electrons. The van der Waals surface area contributed by atoms with Gasteiger partial charge in [-0.15, -0.1) is 0 Å². The van der Waals surface area contributed by atoms with Gasteiger partial charge in [0.1, 0.15) is 5.75 Å². The van der Waals surface area contributed by atoms with Crippen LogP contribution in [0.3, 0.4) is 0 Å². The number of nitrogen functional groups attached to an aromatic ring is 1. The fourth-order valence-electron chi connectivity index (χ4n) is 3.09. The Hall–Kier alpha value is -1.22. The second kappa shape index (κ2) is 4.81. The van der Waals surface area contributed by atoms with Crippen molar-refractivity contribution in [2.24, 2.45) is 0 Å². The van der Waals surface area contributed by atoms with Gasteiger partial charge in [-0.05, 0) is 68.5 Å². The minimum Gasteiger partial charge on any atom is -0.496 e. The van der Waals surface area contributed by atoms with Crippen LogP contribution in [-0.2, 0) is 0 Å². The topological polar surface area (TPSA) is 38.5 Å². The van der Waals surface area contributed by atoms with Crippen molar-refractivity contribution >= 4 is 5.69 Å². The number of hydrogen-bond acceptors (Lipinski definition) is 3. The highest BCUT2D eigenvalue weighted by atomic mass is 16.5. The van der Waals surface area contributed by atoms with Crippen LogP contribution in [0.2, 0.25) is 0 Å². The molecule has 0 atom stereocenters. The molecule has 1 saturated heterocycles. The molecular weight excluding hydrogens is 224 g/mol. The standard InChI is InChI=1S/C15H22N2O/c1-18-15-5-2-12(16)10-14(15)11-6-8-17(9-7-11)13-3-4-13/h2,5,10-11,13H,3-4,6-9,16H2,1H3. The van der Waals surface area contributed by atoms with Crippen LogP contribution >= 0.6 is 0 Å². The minimum atomic E-state index is 0.610. The van der Waals surface area contributed by atoms with Gasteiger partial charge in [-0.1, -0.05) is 0 Å². The van der Waals surface area contributed by atoms with E-state index in [4.69, 9.17) is 10.5 Å². The Kier molecular flexibility index (Phi) is 3.16. The maximum absolute atomic E-state index is 5.91. The molecule has 1 saturated carbocycles. The van der Waals surface area contributed by atoms with E-state index in [0.717, 1.165) is 17.5 Å². The Morgan fingerprint density at radius 1 is 1.17 bits per heavy atom. The summed E-state index contributed by atoms with van der Waals surface area (Å²) in [4.78, 5) is 2.65. The van der Waals surface area contributed by atoms with Crippen LogP contribution in [0.25, 0.3) is 0 Å². The van der Waals surface area contributed by atoms with E-state index in [-0.39, 0.29) is 0 Å². The van der Waals surface area contributed by atoms with Gasteiger partial charge in [0.25, 0.3) is 0 Å². The molecule has 1 heterocycles. The van der Waals surface area contributed by atoms with Crippen molar-refractivity contribution in [1.29, 1.82) is 0 Å². The molecule has 1 aromatic rings. The second-order valence-electron chi connectivity index (χ2n) is 5.54. The van der Waals surface area contributed by atoms with Crippen LogP contribution in [0, 0.1) is 0 Å². The smallest absolute Gasteiger partial charge is 0.122 e. The third-order valence-electron chi connectivity index (χ3n) is 4.29. The van der Waals surface area contributed by atoms with Crippen molar-refractivity contribution < 1.29 is 4.74 Å². The Labute approximate surface area is 109 Å². The van der Waals surface area contributed by atoms with Crippen LogP contribution in [0.4, 0.5) is 5.69 Å². The molecule has 3 heteroatoms. The molecular formula is C15H22N2O. The summed E-state index contributed by atoms with van der Waals surface area (Å²) in [6.07, 6.45) is 5.28. The number of likely N-dealkylation sites (tertiary alicyclic amines) is 1. The molecule has 0 aromatic heterocycles. The number of piperidine rings is 1. The van der Waals surface area contributed by atoms with Crippen molar-refractivity contribution in [3.05, 3.63) is 23.8 Å². The predicted molar refractivity (Wildman–Crippen MR) is 74.0 cm³/mol. The van der Waals surface area contributed by atoms with E-state index in [1.165, 1.54) is 44.3 Å². The quantitative estimate of drug-likeness (QED) is 0.833. The van der Waals surface area contributed by atoms with Crippen molar-refractivity contribution in [1.82, 2.24) is 4.90 Å². The van der Waals surface area contributed by atoms with Gasteiger partial charge in [0.15, 0.2) is 0 Å². The number of anilines is 1. The van der Waals surface area contributed by atoms with Crippen molar-refractivity contribution in [2.45, 2.75) is 37.6 Å². The third kappa shape index (κ3) is 2.32. The molecule has 3 nitrogen and oxygen atoms in total. The molecule has 0 amide bonds. The molecule has 3 rings (SSSR count). The first-order chi connectivity index (χ1) is 8.78. The average Bonchev–Trinajstić information content (AvgIpc) is 3.23. The number of methoxy groups -OCH3 is 1. The van der Waals surface area contributed by atoms with Crippen LogP contribution < -0.4 is 10.5 Å². The first-order valence-corrected chi connectivity index (χ1v) is 6.95. The highest BCUT2D eigenvalue weighted by Gasteiger charge is 2.32.